The van der Waals surface area contributed by atoms with Crippen LogP contribution < -0.4 is 0 Å². The normalized spacial score (nSPS) is 20.8. The van der Waals surface area contributed by atoms with Gasteiger partial charge in [-0.3, -0.25) is 4.79 Å². The van der Waals surface area contributed by atoms with Crippen LogP contribution in [0.1, 0.15) is 20.3 Å². The van der Waals surface area contributed by atoms with E-state index in [9.17, 15) is 4.79 Å². The van der Waals surface area contributed by atoms with E-state index in [2.05, 4.69) is 0 Å². The second kappa shape index (κ2) is 3.75. The highest BCUT2D eigenvalue weighted by Crippen LogP contribution is 2.16. The Morgan fingerprint density at radius 3 is 2.92 bits per heavy atom. The summed E-state index contributed by atoms with van der Waals surface area (Å²) in [6.45, 7) is 5.62. The number of carbonyl (C=O) groups is 1. The van der Waals surface area contributed by atoms with Crippen LogP contribution in [0.25, 0.3) is 0 Å². The lowest BCUT2D eigenvalue weighted by Gasteiger charge is -2.37. The summed E-state index contributed by atoms with van der Waals surface area (Å²) in [5, 5.41) is 8.37. The van der Waals surface area contributed by atoms with Crippen molar-refractivity contribution in [3.8, 4) is 6.07 Å². The predicted octanol–water partition coefficient (Wildman–Crippen LogP) is 0.537. The van der Waals surface area contributed by atoms with E-state index in [1.165, 1.54) is 0 Å². The quantitative estimate of drug-likeness (QED) is 0.594. The molecule has 0 atom stereocenters. The summed E-state index contributed by atoms with van der Waals surface area (Å²) in [5.41, 5.74) is -0.274. The van der Waals surface area contributed by atoms with Crippen molar-refractivity contribution in [3.63, 3.8) is 0 Å². The van der Waals surface area contributed by atoms with E-state index in [1.807, 2.05) is 19.9 Å². The summed E-state index contributed by atoms with van der Waals surface area (Å²) >= 11 is 0. The Bertz CT molecular complexity index is 242. The van der Waals surface area contributed by atoms with E-state index in [-0.39, 0.29) is 17.9 Å². The van der Waals surface area contributed by atoms with Gasteiger partial charge in [-0.1, -0.05) is 0 Å². The van der Waals surface area contributed by atoms with Gasteiger partial charge in [0.2, 0.25) is 5.91 Å². The molecule has 1 saturated heterocycles. The van der Waals surface area contributed by atoms with Crippen LogP contribution in [0.3, 0.4) is 0 Å². The molecule has 1 amide bonds. The largest absolute Gasteiger partial charge is 0.372 e. The van der Waals surface area contributed by atoms with Crippen molar-refractivity contribution in [1.29, 1.82) is 5.26 Å². The highest BCUT2D eigenvalue weighted by molar-refractivity contribution is 5.78. The van der Waals surface area contributed by atoms with Gasteiger partial charge >= 0.3 is 0 Å². The Hall–Kier alpha value is -1.08. The van der Waals surface area contributed by atoms with Crippen molar-refractivity contribution in [1.82, 2.24) is 4.90 Å². The van der Waals surface area contributed by atoms with Crippen molar-refractivity contribution in [2.75, 3.05) is 19.7 Å². The maximum atomic E-state index is 11.3. The average Bonchev–Trinajstić information content (AvgIpc) is 2.03. The van der Waals surface area contributed by atoms with E-state index in [1.54, 1.807) is 4.90 Å². The Morgan fingerprint density at radius 2 is 2.38 bits per heavy atom. The molecule has 72 valence electrons. The number of nitrogens with zero attached hydrogens (tertiary/aromatic N) is 2. The third-order valence-electron chi connectivity index (χ3n) is 2.01. The van der Waals surface area contributed by atoms with E-state index in [0.29, 0.717) is 19.7 Å². The minimum atomic E-state index is -0.274. The van der Waals surface area contributed by atoms with Gasteiger partial charge < -0.3 is 9.64 Å². The zero-order chi connectivity index (χ0) is 9.90. The summed E-state index contributed by atoms with van der Waals surface area (Å²) in [6.07, 6.45) is -0.0317. The highest BCUT2D eigenvalue weighted by atomic mass is 16.5. The topological polar surface area (TPSA) is 53.3 Å². The first-order chi connectivity index (χ1) is 6.05. The molecular weight excluding hydrogens is 168 g/mol. The van der Waals surface area contributed by atoms with Crippen LogP contribution in [-0.4, -0.2) is 36.1 Å². The predicted molar refractivity (Wildman–Crippen MR) is 46.8 cm³/mol. The Balaban J connectivity index is 2.53. The van der Waals surface area contributed by atoms with Gasteiger partial charge in [-0.15, -0.1) is 0 Å². The monoisotopic (exact) mass is 182 g/mol. The highest BCUT2D eigenvalue weighted by Gasteiger charge is 2.29. The van der Waals surface area contributed by atoms with Crippen molar-refractivity contribution < 1.29 is 9.53 Å². The fourth-order valence-electron chi connectivity index (χ4n) is 1.41. The molecular formula is C9H14N2O2. The van der Waals surface area contributed by atoms with Crippen molar-refractivity contribution in [2.24, 2.45) is 0 Å². The number of hydrogen-bond donors (Lipinski definition) is 0. The number of carbonyl (C=O) groups excluding carboxylic acids is 1. The molecule has 4 nitrogen and oxygen atoms in total. The molecule has 1 aliphatic rings. The fraction of sp³-hybridized carbons (Fsp3) is 0.778. The molecule has 0 aromatic carbocycles. The van der Waals surface area contributed by atoms with Crippen LogP contribution in [0.2, 0.25) is 0 Å². The summed E-state index contributed by atoms with van der Waals surface area (Å²) in [5.74, 6) is -0.0983. The van der Waals surface area contributed by atoms with E-state index in [0.717, 1.165) is 0 Å². The molecule has 1 heterocycles. The van der Waals surface area contributed by atoms with Crippen molar-refractivity contribution >= 4 is 5.91 Å². The Morgan fingerprint density at radius 1 is 1.69 bits per heavy atom. The SMILES string of the molecule is CC1(C)CN(C(=O)CC#N)CCO1. The minimum Gasteiger partial charge on any atom is -0.372 e. The van der Waals surface area contributed by atoms with Gasteiger partial charge in [0.05, 0.1) is 18.3 Å². The number of ether oxygens (including phenoxy) is 1. The molecule has 0 radical (unpaired) electrons. The molecule has 0 aromatic rings. The molecule has 13 heavy (non-hydrogen) atoms. The van der Waals surface area contributed by atoms with Crippen LogP contribution in [0, 0.1) is 11.3 Å². The van der Waals surface area contributed by atoms with E-state index < -0.39 is 0 Å². The maximum absolute atomic E-state index is 11.3. The molecule has 4 heteroatoms. The lowest BCUT2D eigenvalue weighted by atomic mass is 10.1. The molecule has 0 N–H and O–H groups in total. The second-order valence-electron chi connectivity index (χ2n) is 3.76. The van der Waals surface area contributed by atoms with Crippen LogP contribution in [-0.2, 0) is 9.53 Å². The number of rotatable bonds is 1. The summed E-state index contributed by atoms with van der Waals surface area (Å²) in [4.78, 5) is 13.0. The second-order valence-corrected chi connectivity index (χ2v) is 3.76. The molecule has 0 unspecified atom stereocenters. The van der Waals surface area contributed by atoms with Crippen LogP contribution in [0.5, 0.6) is 0 Å². The molecule has 0 aliphatic carbocycles. The van der Waals surface area contributed by atoms with Gasteiger partial charge in [0.15, 0.2) is 0 Å². The molecule has 0 spiro atoms. The van der Waals surface area contributed by atoms with Crippen LogP contribution >= 0.6 is 0 Å². The maximum Gasteiger partial charge on any atom is 0.236 e. The summed E-state index contributed by atoms with van der Waals surface area (Å²) < 4.78 is 5.45. The van der Waals surface area contributed by atoms with Gasteiger partial charge in [0.25, 0.3) is 0 Å². The number of hydrogen-bond acceptors (Lipinski definition) is 3. The zero-order valence-corrected chi connectivity index (χ0v) is 8.04. The van der Waals surface area contributed by atoms with Crippen LogP contribution in [0.15, 0.2) is 0 Å². The van der Waals surface area contributed by atoms with Crippen LogP contribution in [0.4, 0.5) is 0 Å². The molecule has 0 bridgehead atoms. The Labute approximate surface area is 78.1 Å². The third kappa shape index (κ3) is 2.71. The minimum absolute atomic E-state index is 0.0317. The van der Waals surface area contributed by atoms with Crippen molar-refractivity contribution in [2.45, 2.75) is 25.9 Å². The molecule has 0 aromatic heterocycles. The molecule has 1 rings (SSSR count). The smallest absolute Gasteiger partial charge is 0.236 e. The third-order valence-corrected chi connectivity index (χ3v) is 2.01. The first-order valence-electron chi connectivity index (χ1n) is 4.34. The lowest BCUT2D eigenvalue weighted by Crippen LogP contribution is -2.50. The molecule has 1 fully saturated rings. The lowest BCUT2D eigenvalue weighted by molar-refractivity contribution is -0.144. The van der Waals surface area contributed by atoms with Gasteiger partial charge in [-0.2, -0.15) is 5.26 Å². The average molecular weight is 182 g/mol. The molecule has 0 saturated carbocycles. The van der Waals surface area contributed by atoms with Gasteiger partial charge in [-0.25, -0.2) is 0 Å². The van der Waals surface area contributed by atoms with Gasteiger partial charge in [0.1, 0.15) is 6.42 Å². The first kappa shape index (κ1) is 10.0. The number of morpholine rings is 1. The zero-order valence-electron chi connectivity index (χ0n) is 8.04. The summed E-state index contributed by atoms with van der Waals surface area (Å²) in [7, 11) is 0. The van der Waals surface area contributed by atoms with E-state index in [4.69, 9.17) is 10.00 Å². The fourth-order valence-corrected chi connectivity index (χ4v) is 1.41. The standard InChI is InChI=1S/C9H14N2O2/c1-9(2)7-11(5-6-13-9)8(12)3-4-10/h3,5-7H2,1-2H3. The van der Waals surface area contributed by atoms with Crippen molar-refractivity contribution in [3.05, 3.63) is 0 Å². The van der Waals surface area contributed by atoms with Gasteiger partial charge in [0, 0.05) is 13.1 Å². The first-order valence-corrected chi connectivity index (χ1v) is 4.34. The number of amides is 1. The Kier molecular flexibility index (Phi) is 2.89. The van der Waals surface area contributed by atoms with Gasteiger partial charge in [-0.05, 0) is 13.8 Å². The molecule has 1 aliphatic heterocycles. The van der Waals surface area contributed by atoms with E-state index >= 15 is 0 Å². The number of nitriles is 1. The summed E-state index contributed by atoms with van der Waals surface area (Å²) in [6, 6.07) is 1.86.